The third-order valence-electron chi connectivity index (χ3n) is 3.75. The largest absolute Gasteiger partial charge is 0.488 e. The molecule has 3 unspecified atom stereocenters. The van der Waals surface area contributed by atoms with Crippen molar-refractivity contribution in [3.05, 3.63) is 28.2 Å². The molecule has 0 spiro atoms. The fraction of sp³-hybridized carbons (Fsp3) is 0.571. The lowest BCUT2D eigenvalue weighted by Gasteiger charge is -2.18. The molecule has 0 radical (unpaired) electrons. The van der Waals surface area contributed by atoms with E-state index in [2.05, 4.69) is 34.2 Å². The zero-order chi connectivity index (χ0) is 12.5. The molecule has 1 N–H and O–H groups in total. The highest BCUT2D eigenvalue weighted by molar-refractivity contribution is 9.10. The van der Waals surface area contributed by atoms with Crippen LogP contribution in [0.2, 0.25) is 0 Å². The van der Waals surface area contributed by atoms with Crippen LogP contribution in [0.5, 0.6) is 5.75 Å². The van der Waals surface area contributed by atoms with Crippen molar-refractivity contribution in [3.8, 4) is 5.75 Å². The van der Waals surface area contributed by atoms with E-state index in [-0.39, 0.29) is 6.10 Å². The summed E-state index contributed by atoms with van der Waals surface area (Å²) in [4.78, 5) is 0. The van der Waals surface area contributed by atoms with Gasteiger partial charge >= 0.3 is 0 Å². The molecule has 0 aliphatic carbocycles. The molecular weight excluding hydrogens is 294 g/mol. The van der Waals surface area contributed by atoms with Crippen LogP contribution >= 0.6 is 15.9 Å². The standard InChI is InChI=1S/C14H18BrNO2/c1-9-13(4-5-17-9)16-8-12-7-10-6-11(15)2-3-14(10)18-12/h2-3,6,9,12-13,16H,4-5,7-8H2,1H3. The van der Waals surface area contributed by atoms with Crippen molar-refractivity contribution in [2.75, 3.05) is 13.2 Å². The highest BCUT2D eigenvalue weighted by Crippen LogP contribution is 2.31. The summed E-state index contributed by atoms with van der Waals surface area (Å²) in [7, 11) is 0. The van der Waals surface area contributed by atoms with Gasteiger partial charge in [-0.1, -0.05) is 15.9 Å². The summed E-state index contributed by atoms with van der Waals surface area (Å²) in [6, 6.07) is 6.70. The Bertz CT molecular complexity index is 438. The predicted molar refractivity (Wildman–Crippen MR) is 74.1 cm³/mol. The number of halogens is 1. The molecule has 3 nitrogen and oxygen atoms in total. The summed E-state index contributed by atoms with van der Waals surface area (Å²) in [5.74, 6) is 1.03. The molecular formula is C14H18BrNO2. The van der Waals surface area contributed by atoms with Gasteiger partial charge in [-0.2, -0.15) is 0 Å². The Kier molecular flexibility index (Phi) is 3.59. The molecule has 0 aromatic heterocycles. The average molecular weight is 312 g/mol. The molecule has 1 fully saturated rings. The molecule has 18 heavy (non-hydrogen) atoms. The molecule has 2 aliphatic rings. The fourth-order valence-electron chi connectivity index (χ4n) is 2.69. The van der Waals surface area contributed by atoms with Crippen molar-refractivity contribution in [1.29, 1.82) is 0 Å². The van der Waals surface area contributed by atoms with E-state index in [9.17, 15) is 0 Å². The Hall–Kier alpha value is -0.580. The van der Waals surface area contributed by atoms with Crippen molar-refractivity contribution in [1.82, 2.24) is 5.32 Å². The van der Waals surface area contributed by atoms with Crippen molar-refractivity contribution in [3.63, 3.8) is 0 Å². The zero-order valence-electron chi connectivity index (χ0n) is 10.5. The lowest BCUT2D eigenvalue weighted by Crippen LogP contribution is -2.40. The van der Waals surface area contributed by atoms with Crippen LogP contribution < -0.4 is 10.1 Å². The Morgan fingerprint density at radius 3 is 3.11 bits per heavy atom. The van der Waals surface area contributed by atoms with Crippen molar-refractivity contribution in [2.24, 2.45) is 0 Å². The first kappa shape index (κ1) is 12.5. The molecule has 4 heteroatoms. The minimum Gasteiger partial charge on any atom is -0.488 e. The maximum atomic E-state index is 5.93. The smallest absolute Gasteiger partial charge is 0.123 e. The summed E-state index contributed by atoms with van der Waals surface area (Å²) in [6.45, 7) is 3.90. The highest BCUT2D eigenvalue weighted by Gasteiger charge is 2.27. The van der Waals surface area contributed by atoms with Gasteiger partial charge in [-0.25, -0.2) is 0 Å². The van der Waals surface area contributed by atoms with E-state index in [0.717, 1.165) is 36.2 Å². The van der Waals surface area contributed by atoms with Crippen LogP contribution in [0.4, 0.5) is 0 Å². The van der Waals surface area contributed by atoms with Crippen LogP contribution in [-0.4, -0.2) is 31.4 Å². The normalized spacial score (nSPS) is 30.2. The summed E-state index contributed by atoms with van der Waals surface area (Å²) in [5, 5.41) is 3.56. The predicted octanol–water partition coefficient (Wildman–Crippen LogP) is 2.52. The average Bonchev–Trinajstić information content (AvgIpc) is 2.92. The topological polar surface area (TPSA) is 30.5 Å². The lowest BCUT2D eigenvalue weighted by atomic mass is 10.1. The van der Waals surface area contributed by atoms with E-state index in [1.54, 1.807) is 0 Å². The summed E-state index contributed by atoms with van der Waals surface area (Å²) < 4.78 is 12.6. The monoisotopic (exact) mass is 311 g/mol. The number of fused-ring (bicyclic) bond motifs is 1. The Morgan fingerprint density at radius 2 is 2.33 bits per heavy atom. The minimum atomic E-state index is 0.252. The van der Waals surface area contributed by atoms with Crippen molar-refractivity contribution in [2.45, 2.75) is 38.0 Å². The number of ether oxygens (including phenoxy) is 2. The first-order chi connectivity index (χ1) is 8.72. The first-order valence-corrected chi connectivity index (χ1v) is 7.32. The Balaban J connectivity index is 1.54. The van der Waals surface area contributed by atoms with E-state index in [4.69, 9.17) is 9.47 Å². The van der Waals surface area contributed by atoms with Crippen LogP contribution in [-0.2, 0) is 11.2 Å². The molecule has 2 heterocycles. The third-order valence-corrected chi connectivity index (χ3v) is 4.24. The molecule has 3 atom stereocenters. The zero-order valence-corrected chi connectivity index (χ0v) is 12.1. The molecule has 1 saturated heterocycles. The van der Waals surface area contributed by atoms with Crippen LogP contribution in [0.15, 0.2) is 22.7 Å². The second-order valence-corrected chi connectivity index (χ2v) is 5.99. The molecule has 98 valence electrons. The van der Waals surface area contributed by atoms with Crippen LogP contribution in [0.3, 0.4) is 0 Å². The second kappa shape index (κ2) is 5.19. The fourth-order valence-corrected chi connectivity index (χ4v) is 3.09. The Morgan fingerprint density at radius 1 is 1.44 bits per heavy atom. The lowest BCUT2D eigenvalue weighted by molar-refractivity contribution is 0.110. The van der Waals surface area contributed by atoms with E-state index in [1.165, 1.54) is 5.56 Å². The van der Waals surface area contributed by atoms with Crippen LogP contribution in [0.1, 0.15) is 18.9 Å². The molecule has 0 saturated carbocycles. The SMILES string of the molecule is CC1OCCC1NCC1Cc2cc(Br)ccc2O1. The van der Waals surface area contributed by atoms with Crippen molar-refractivity contribution >= 4 is 15.9 Å². The van der Waals surface area contributed by atoms with Gasteiger partial charge in [0.05, 0.1) is 6.10 Å². The molecule has 1 aromatic rings. The minimum absolute atomic E-state index is 0.252. The maximum Gasteiger partial charge on any atom is 0.123 e. The first-order valence-electron chi connectivity index (χ1n) is 6.52. The van der Waals surface area contributed by atoms with E-state index >= 15 is 0 Å². The van der Waals surface area contributed by atoms with E-state index in [0.29, 0.717) is 12.1 Å². The second-order valence-electron chi connectivity index (χ2n) is 5.08. The molecule has 3 rings (SSSR count). The molecule has 0 amide bonds. The molecule has 1 aromatic carbocycles. The molecule has 0 bridgehead atoms. The maximum absolute atomic E-state index is 5.93. The quantitative estimate of drug-likeness (QED) is 0.930. The van der Waals surface area contributed by atoms with E-state index < -0.39 is 0 Å². The van der Waals surface area contributed by atoms with Gasteiger partial charge in [0.15, 0.2) is 0 Å². The van der Waals surface area contributed by atoms with E-state index in [1.807, 2.05) is 12.1 Å². The van der Waals surface area contributed by atoms with Gasteiger partial charge in [-0.15, -0.1) is 0 Å². The number of hydrogen-bond acceptors (Lipinski definition) is 3. The number of benzene rings is 1. The van der Waals surface area contributed by atoms with Gasteiger partial charge in [-0.05, 0) is 37.1 Å². The van der Waals surface area contributed by atoms with Gasteiger partial charge in [0.2, 0.25) is 0 Å². The number of rotatable bonds is 3. The van der Waals surface area contributed by atoms with Gasteiger partial charge in [0.1, 0.15) is 11.9 Å². The van der Waals surface area contributed by atoms with Gasteiger partial charge in [0.25, 0.3) is 0 Å². The van der Waals surface area contributed by atoms with Crippen molar-refractivity contribution < 1.29 is 9.47 Å². The van der Waals surface area contributed by atoms with Gasteiger partial charge in [0, 0.05) is 30.1 Å². The third kappa shape index (κ3) is 2.56. The summed E-state index contributed by atoms with van der Waals surface area (Å²) in [5.41, 5.74) is 1.30. The summed E-state index contributed by atoms with van der Waals surface area (Å²) >= 11 is 3.50. The van der Waals surface area contributed by atoms with Gasteiger partial charge < -0.3 is 14.8 Å². The number of hydrogen-bond donors (Lipinski definition) is 1. The highest BCUT2D eigenvalue weighted by atomic mass is 79.9. The Labute approximate surface area is 116 Å². The van der Waals surface area contributed by atoms with Gasteiger partial charge in [-0.3, -0.25) is 0 Å². The van der Waals surface area contributed by atoms with Crippen LogP contribution in [0, 0.1) is 0 Å². The summed E-state index contributed by atoms with van der Waals surface area (Å²) in [6.07, 6.45) is 2.67. The van der Waals surface area contributed by atoms with Crippen LogP contribution in [0.25, 0.3) is 0 Å². The molecule has 2 aliphatic heterocycles. The number of nitrogens with one attached hydrogen (secondary N) is 1.